The van der Waals surface area contributed by atoms with E-state index in [2.05, 4.69) is 15.5 Å². The molecule has 3 rings (SSSR count). The Morgan fingerprint density at radius 1 is 1.35 bits per heavy atom. The van der Waals surface area contributed by atoms with Crippen LogP contribution in [0.15, 0.2) is 47.6 Å². The van der Waals surface area contributed by atoms with Crippen molar-refractivity contribution in [1.82, 2.24) is 4.98 Å². The molecule has 160 valence electrons. The van der Waals surface area contributed by atoms with Gasteiger partial charge >= 0.3 is 11.7 Å². The first-order valence-electron chi connectivity index (χ1n) is 9.02. The molecule has 0 bridgehead atoms. The Balaban J connectivity index is 1.88. The van der Waals surface area contributed by atoms with Crippen molar-refractivity contribution in [3.63, 3.8) is 0 Å². The van der Waals surface area contributed by atoms with E-state index in [4.69, 9.17) is 9.47 Å². The summed E-state index contributed by atoms with van der Waals surface area (Å²) in [6.07, 6.45) is 1.32. The van der Waals surface area contributed by atoms with Crippen LogP contribution >= 0.6 is 11.3 Å². The van der Waals surface area contributed by atoms with Gasteiger partial charge in [-0.25, -0.2) is 9.78 Å². The van der Waals surface area contributed by atoms with E-state index in [0.717, 1.165) is 16.9 Å². The average Bonchev–Trinajstić information content (AvgIpc) is 3.20. The number of hydrogen-bond donors (Lipinski definition) is 2. The number of nitro groups is 1. The van der Waals surface area contributed by atoms with E-state index in [0.29, 0.717) is 21.3 Å². The van der Waals surface area contributed by atoms with Gasteiger partial charge in [-0.3, -0.25) is 15.5 Å². The molecule has 0 fully saturated rings. The number of hydrazone groups is 1. The molecule has 3 aromatic rings. The Hall–Kier alpha value is -3.99. The van der Waals surface area contributed by atoms with E-state index in [9.17, 15) is 20.0 Å². The van der Waals surface area contributed by atoms with Crippen molar-refractivity contribution in [3.8, 4) is 22.8 Å². The van der Waals surface area contributed by atoms with E-state index >= 15 is 0 Å². The number of phenols is 1. The topological polar surface area (TPSA) is 136 Å². The van der Waals surface area contributed by atoms with Crippen LogP contribution in [0.3, 0.4) is 0 Å². The summed E-state index contributed by atoms with van der Waals surface area (Å²) in [5, 5.41) is 25.5. The summed E-state index contributed by atoms with van der Waals surface area (Å²) in [7, 11) is 1.29. The molecule has 2 N–H and O–H groups in total. The molecule has 11 heteroatoms. The van der Waals surface area contributed by atoms with Crippen LogP contribution in [-0.2, 0) is 4.74 Å². The van der Waals surface area contributed by atoms with Gasteiger partial charge in [-0.1, -0.05) is 41.7 Å². The maximum Gasteiger partial charge on any atom is 0.350 e. The number of carbonyl (C=O) groups is 1. The number of anilines is 1. The SMILES string of the molecule is CCOc1cc(/C=N\Nc2nc(-c3ccccc3)c(C(=O)OC)s2)cc([N+](=O)[O-])c1O. The van der Waals surface area contributed by atoms with E-state index in [1.165, 1.54) is 25.5 Å². The second kappa shape index (κ2) is 9.67. The predicted molar refractivity (Wildman–Crippen MR) is 116 cm³/mol. The zero-order chi connectivity index (χ0) is 22.4. The Bertz CT molecular complexity index is 1130. The van der Waals surface area contributed by atoms with Gasteiger partial charge in [-0.2, -0.15) is 5.10 Å². The highest BCUT2D eigenvalue weighted by Gasteiger charge is 2.21. The molecular weight excluding hydrogens is 424 g/mol. The van der Waals surface area contributed by atoms with Gasteiger partial charge in [0, 0.05) is 17.2 Å². The molecule has 0 radical (unpaired) electrons. The number of nitrogens with one attached hydrogen (secondary N) is 1. The molecule has 0 aliphatic carbocycles. The van der Waals surface area contributed by atoms with E-state index in [1.807, 2.05) is 30.3 Å². The summed E-state index contributed by atoms with van der Waals surface area (Å²) < 4.78 is 10.1. The summed E-state index contributed by atoms with van der Waals surface area (Å²) in [4.78, 5) is 27.3. The molecule has 0 spiro atoms. The van der Waals surface area contributed by atoms with Crippen molar-refractivity contribution in [2.45, 2.75) is 6.92 Å². The zero-order valence-corrected chi connectivity index (χ0v) is 17.4. The summed E-state index contributed by atoms with van der Waals surface area (Å²) in [6.45, 7) is 1.92. The highest BCUT2D eigenvalue weighted by Crippen LogP contribution is 2.37. The minimum absolute atomic E-state index is 0.0215. The standard InChI is InChI=1S/C20H18N4O6S/c1-3-30-15-10-12(9-14(17(15)25)24(27)28)11-21-23-20-22-16(13-7-5-4-6-8-13)18(31-20)19(26)29-2/h4-11,25H,3H2,1-2H3,(H,22,23)/b21-11-. The van der Waals surface area contributed by atoms with E-state index in [1.54, 1.807) is 6.92 Å². The number of carbonyl (C=O) groups excluding carboxylic acids is 1. The molecular formula is C20H18N4O6S. The third-order valence-corrected chi connectivity index (χ3v) is 4.93. The highest BCUT2D eigenvalue weighted by atomic mass is 32.1. The van der Waals surface area contributed by atoms with Crippen molar-refractivity contribution < 1.29 is 24.3 Å². The number of aromatic hydroxyl groups is 1. The van der Waals surface area contributed by atoms with Crippen LogP contribution in [0.5, 0.6) is 11.5 Å². The number of methoxy groups -OCH3 is 1. The number of nitrogens with zero attached hydrogens (tertiary/aromatic N) is 3. The molecule has 0 aliphatic heterocycles. The van der Waals surface area contributed by atoms with Crippen LogP contribution in [0.25, 0.3) is 11.3 Å². The largest absolute Gasteiger partial charge is 0.500 e. The normalized spacial score (nSPS) is 10.8. The van der Waals surface area contributed by atoms with E-state index < -0.39 is 22.3 Å². The van der Waals surface area contributed by atoms with Gasteiger partial charge in [-0.05, 0) is 13.0 Å². The first-order chi connectivity index (χ1) is 14.9. The molecule has 0 saturated heterocycles. The second-order valence-corrected chi connectivity index (χ2v) is 7.00. The quantitative estimate of drug-likeness (QED) is 0.231. The fourth-order valence-electron chi connectivity index (χ4n) is 2.65. The van der Waals surface area contributed by atoms with Crippen LogP contribution < -0.4 is 10.2 Å². The first kappa shape index (κ1) is 21.7. The second-order valence-electron chi connectivity index (χ2n) is 6.00. The summed E-state index contributed by atoms with van der Waals surface area (Å²) >= 11 is 1.06. The van der Waals surface area contributed by atoms with Crippen molar-refractivity contribution in [2.75, 3.05) is 19.1 Å². The van der Waals surface area contributed by atoms with Crippen LogP contribution in [0.4, 0.5) is 10.8 Å². The lowest BCUT2D eigenvalue weighted by Crippen LogP contribution is -2.00. The van der Waals surface area contributed by atoms with Crippen LogP contribution in [0.2, 0.25) is 0 Å². The Morgan fingerprint density at radius 2 is 2.10 bits per heavy atom. The highest BCUT2D eigenvalue weighted by molar-refractivity contribution is 7.17. The monoisotopic (exact) mass is 442 g/mol. The molecule has 0 atom stereocenters. The van der Waals surface area contributed by atoms with Crippen molar-refractivity contribution >= 4 is 34.3 Å². The minimum atomic E-state index is -0.710. The lowest BCUT2D eigenvalue weighted by atomic mass is 10.1. The maximum absolute atomic E-state index is 12.1. The molecule has 10 nitrogen and oxygen atoms in total. The fourth-order valence-corrected chi connectivity index (χ4v) is 3.50. The van der Waals surface area contributed by atoms with Crippen molar-refractivity contribution in [1.29, 1.82) is 0 Å². The van der Waals surface area contributed by atoms with Crippen molar-refractivity contribution in [2.24, 2.45) is 5.10 Å². The number of phenolic OH excluding ortho intramolecular Hbond substituents is 1. The number of nitro benzene ring substituents is 1. The maximum atomic E-state index is 12.1. The Labute approximate surface area is 180 Å². The number of esters is 1. The number of aromatic nitrogens is 1. The lowest BCUT2D eigenvalue weighted by molar-refractivity contribution is -0.386. The number of hydrogen-bond acceptors (Lipinski definition) is 10. The number of rotatable bonds is 8. The third-order valence-electron chi connectivity index (χ3n) is 3.99. The average molecular weight is 442 g/mol. The Morgan fingerprint density at radius 3 is 2.74 bits per heavy atom. The first-order valence-corrected chi connectivity index (χ1v) is 9.84. The number of benzene rings is 2. The summed E-state index contributed by atoms with van der Waals surface area (Å²) in [5.74, 6) is -1.09. The Kier molecular flexibility index (Phi) is 6.78. The summed E-state index contributed by atoms with van der Waals surface area (Å²) in [5.41, 5.74) is 3.74. The zero-order valence-electron chi connectivity index (χ0n) is 16.6. The molecule has 0 amide bonds. The molecule has 0 unspecified atom stereocenters. The van der Waals surface area contributed by atoms with Gasteiger partial charge in [0.25, 0.3) is 0 Å². The van der Waals surface area contributed by atoms with Gasteiger partial charge in [0.1, 0.15) is 4.88 Å². The predicted octanol–water partition coefficient (Wildman–Crippen LogP) is 4.06. The smallest absolute Gasteiger partial charge is 0.350 e. The van der Waals surface area contributed by atoms with Gasteiger partial charge in [0.05, 0.1) is 30.5 Å². The van der Waals surface area contributed by atoms with Gasteiger partial charge in [0.2, 0.25) is 10.9 Å². The van der Waals surface area contributed by atoms with Crippen LogP contribution in [0.1, 0.15) is 22.2 Å². The summed E-state index contributed by atoms with van der Waals surface area (Å²) in [6, 6.07) is 11.7. The van der Waals surface area contributed by atoms with E-state index in [-0.39, 0.29) is 12.4 Å². The molecule has 2 aromatic carbocycles. The minimum Gasteiger partial charge on any atom is -0.500 e. The lowest BCUT2D eigenvalue weighted by Gasteiger charge is -2.07. The van der Waals surface area contributed by atoms with Crippen LogP contribution in [-0.4, -0.2) is 40.9 Å². The van der Waals surface area contributed by atoms with Crippen molar-refractivity contribution in [3.05, 3.63) is 63.0 Å². The third kappa shape index (κ3) is 4.95. The molecule has 0 aliphatic rings. The molecule has 0 saturated carbocycles. The molecule has 1 aromatic heterocycles. The number of thiazole rings is 1. The molecule has 31 heavy (non-hydrogen) atoms. The van der Waals surface area contributed by atoms with Crippen LogP contribution in [0, 0.1) is 10.1 Å². The van der Waals surface area contributed by atoms with Gasteiger partial charge in [-0.15, -0.1) is 0 Å². The number of ether oxygens (including phenoxy) is 2. The molecule has 1 heterocycles. The van der Waals surface area contributed by atoms with Gasteiger partial charge in [0.15, 0.2) is 5.75 Å². The van der Waals surface area contributed by atoms with Gasteiger partial charge < -0.3 is 14.6 Å². The fraction of sp³-hybridized carbons (Fsp3) is 0.150.